The van der Waals surface area contributed by atoms with Gasteiger partial charge >= 0.3 is 0 Å². The van der Waals surface area contributed by atoms with E-state index in [1.807, 2.05) is 22.6 Å². The van der Waals surface area contributed by atoms with Crippen LogP contribution in [0.15, 0.2) is 24.5 Å². The lowest BCUT2D eigenvalue weighted by atomic mass is 10.1. The lowest BCUT2D eigenvalue weighted by Crippen LogP contribution is -1.93. The molecule has 1 aromatic carbocycles. The molecule has 82 valence electrons. The zero-order valence-corrected chi connectivity index (χ0v) is 10.7. The Morgan fingerprint density at radius 2 is 2.06 bits per heavy atom. The predicted octanol–water partition coefficient (Wildman–Crippen LogP) is 3.25. The van der Waals surface area contributed by atoms with Crippen molar-refractivity contribution in [1.29, 1.82) is 0 Å². The Labute approximate surface area is 109 Å². The molecule has 2 aromatic rings. The van der Waals surface area contributed by atoms with Gasteiger partial charge in [0, 0.05) is 9.64 Å². The summed E-state index contributed by atoms with van der Waals surface area (Å²) in [6.07, 6.45) is 1.17. The topological polar surface area (TPSA) is 46.0 Å². The minimum absolute atomic E-state index is 0.0218. The molecule has 0 amide bonds. The Morgan fingerprint density at radius 1 is 1.31 bits per heavy atom. The van der Waals surface area contributed by atoms with Crippen molar-refractivity contribution in [3.8, 4) is 17.1 Å². The Bertz CT molecular complexity index is 550. The van der Waals surface area contributed by atoms with Crippen LogP contribution in [0.1, 0.15) is 0 Å². The summed E-state index contributed by atoms with van der Waals surface area (Å²) in [6.45, 7) is 0. The summed E-state index contributed by atoms with van der Waals surface area (Å²) in [6, 6.07) is 4.45. The molecule has 0 aliphatic rings. The van der Waals surface area contributed by atoms with E-state index >= 15 is 0 Å². The van der Waals surface area contributed by atoms with Gasteiger partial charge in [0.2, 0.25) is 5.88 Å². The number of aromatic nitrogens is 2. The minimum atomic E-state index is -0.549. The molecule has 2 rings (SSSR count). The van der Waals surface area contributed by atoms with E-state index in [1.54, 1.807) is 6.07 Å². The second-order valence-corrected chi connectivity index (χ2v) is 4.55. The molecule has 0 spiro atoms. The van der Waals surface area contributed by atoms with E-state index in [0.29, 0.717) is 9.26 Å². The number of nitrogens with zero attached hydrogens (tertiary/aromatic N) is 2. The van der Waals surface area contributed by atoms with Crippen molar-refractivity contribution in [1.82, 2.24) is 9.97 Å². The SMILES string of the molecule is Oc1cc(-c2c(I)ccc(Cl)c2F)ncn1. The zero-order valence-electron chi connectivity index (χ0n) is 7.78. The van der Waals surface area contributed by atoms with Crippen molar-refractivity contribution in [2.75, 3.05) is 0 Å². The fourth-order valence-corrected chi connectivity index (χ4v) is 2.10. The first kappa shape index (κ1) is 11.5. The van der Waals surface area contributed by atoms with E-state index < -0.39 is 5.82 Å². The second-order valence-electron chi connectivity index (χ2n) is 2.98. The highest BCUT2D eigenvalue weighted by molar-refractivity contribution is 14.1. The van der Waals surface area contributed by atoms with Gasteiger partial charge in [0.05, 0.1) is 16.3 Å². The van der Waals surface area contributed by atoms with E-state index in [4.69, 9.17) is 11.6 Å². The Kier molecular flexibility index (Phi) is 3.25. The van der Waals surface area contributed by atoms with Crippen LogP contribution in [0, 0.1) is 9.39 Å². The summed E-state index contributed by atoms with van der Waals surface area (Å²) in [5.41, 5.74) is 0.572. The molecule has 1 heterocycles. The molecule has 0 aliphatic heterocycles. The van der Waals surface area contributed by atoms with E-state index in [-0.39, 0.29) is 16.5 Å². The Hall–Kier alpha value is -0.950. The summed E-state index contributed by atoms with van der Waals surface area (Å²) in [5.74, 6) is -0.758. The molecule has 6 heteroatoms. The van der Waals surface area contributed by atoms with Crippen molar-refractivity contribution >= 4 is 34.2 Å². The summed E-state index contributed by atoms with van der Waals surface area (Å²) in [5, 5.41) is 9.24. The first-order chi connectivity index (χ1) is 7.59. The van der Waals surface area contributed by atoms with Crippen LogP contribution in [0.4, 0.5) is 4.39 Å². The van der Waals surface area contributed by atoms with Crippen molar-refractivity contribution in [3.05, 3.63) is 38.9 Å². The monoisotopic (exact) mass is 350 g/mol. The molecule has 0 bridgehead atoms. The third kappa shape index (κ3) is 2.10. The summed E-state index contributed by atoms with van der Waals surface area (Å²) in [7, 11) is 0. The molecule has 16 heavy (non-hydrogen) atoms. The van der Waals surface area contributed by atoms with Gasteiger partial charge in [-0.15, -0.1) is 0 Å². The average Bonchev–Trinajstić information content (AvgIpc) is 2.24. The van der Waals surface area contributed by atoms with Crippen molar-refractivity contribution in [2.24, 2.45) is 0 Å². The molecule has 0 fully saturated rings. The largest absolute Gasteiger partial charge is 0.493 e. The van der Waals surface area contributed by atoms with Crippen LogP contribution >= 0.6 is 34.2 Å². The van der Waals surface area contributed by atoms with Crippen LogP contribution in [-0.2, 0) is 0 Å². The Morgan fingerprint density at radius 3 is 2.75 bits per heavy atom. The highest BCUT2D eigenvalue weighted by Gasteiger charge is 2.14. The molecule has 0 unspecified atom stereocenters. The normalized spacial score (nSPS) is 10.4. The molecule has 0 saturated carbocycles. The molecule has 1 N–H and O–H groups in total. The fraction of sp³-hybridized carbons (Fsp3) is 0. The van der Waals surface area contributed by atoms with Crippen LogP contribution in [0.3, 0.4) is 0 Å². The second kappa shape index (κ2) is 4.50. The maximum atomic E-state index is 13.8. The van der Waals surface area contributed by atoms with Gasteiger partial charge in [-0.05, 0) is 34.7 Å². The van der Waals surface area contributed by atoms with Gasteiger partial charge in [0.15, 0.2) is 5.82 Å². The number of benzene rings is 1. The number of rotatable bonds is 1. The van der Waals surface area contributed by atoms with Crippen LogP contribution in [0.2, 0.25) is 5.02 Å². The van der Waals surface area contributed by atoms with Crippen LogP contribution in [0.5, 0.6) is 5.88 Å². The van der Waals surface area contributed by atoms with Gasteiger partial charge in [0.1, 0.15) is 6.33 Å². The molecule has 1 aromatic heterocycles. The summed E-state index contributed by atoms with van der Waals surface area (Å²) in [4.78, 5) is 7.43. The van der Waals surface area contributed by atoms with Gasteiger partial charge in [-0.2, -0.15) is 0 Å². The smallest absolute Gasteiger partial charge is 0.214 e. The number of aromatic hydroxyl groups is 1. The zero-order chi connectivity index (χ0) is 11.7. The number of hydrogen-bond donors (Lipinski definition) is 1. The molecule has 0 atom stereocenters. The standard InChI is InChI=1S/C10H5ClFIN2O/c11-5-1-2-6(13)9(10(5)12)7-3-8(16)15-4-14-7/h1-4H,(H,14,15,16). The maximum Gasteiger partial charge on any atom is 0.214 e. The highest BCUT2D eigenvalue weighted by Crippen LogP contribution is 2.31. The Balaban J connectivity index is 2.68. The molecular formula is C10H5ClFIN2O. The van der Waals surface area contributed by atoms with Gasteiger partial charge in [0.25, 0.3) is 0 Å². The molecule has 0 radical (unpaired) electrons. The summed E-state index contributed by atoms with van der Waals surface area (Å²) < 4.78 is 14.5. The third-order valence-electron chi connectivity index (χ3n) is 1.95. The maximum absolute atomic E-state index is 13.8. The lowest BCUT2D eigenvalue weighted by molar-refractivity contribution is 0.452. The quantitative estimate of drug-likeness (QED) is 0.634. The van der Waals surface area contributed by atoms with Crippen LogP contribution < -0.4 is 0 Å². The van der Waals surface area contributed by atoms with Crippen molar-refractivity contribution in [2.45, 2.75) is 0 Å². The molecule has 0 aliphatic carbocycles. The van der Waals surface area contributed by atoms with E-state index in [1.165, 1.54) is 18.5 Å². The van der Waals surface area contributed by atoms with Crippen LogP contribution in [0.25, 0.3) is 11.3 Å². The van der Waals surface area contributed by atoms with Gasteiger partial charge in [-0.1, -0.05) is 11.6 Å². The minimum Gasteiger partial charge on any atom is -0.493 e. The van der Waals surface area contributed by atoms with Crippen molar-refractivity contribution in [3.63, 3.8) is 0 Å². The van der Waals surface area contributed by atoms with Crippen molar-refractivity contribution < 1.29 is 9.50 Å². The van der Waals surface area contributed by atoms with Gasteiger partial charge in [-0.3, -0.25) is 0 Å². The van der Waals surface area contributed by atoms with E-state index in [0.717, 1.165) is 0 Å². The molecule has 3 nitrogen and oxygen atoms in total. The summed E-state index contributed by atoms with van der Waals surface area (Å²) >= 11 is 7.67. The first-order valence-electron chi connectivity index (χ1n) is 4.24. The van der Waals surface area contributed by atoms with E-state index in [9.17, 15) is 9.50 Å². The lowest BCUT2D eigenvalue weighted by Gasteiger charge is -2.06. The average molecular weight is 351 g/mol. The van der Waals surface area contributed by atoms with Gasteiger partial charge < -0.3 is 5.11 Å². The highest BCUT2D eigenvalue weighted by atomic mass is 127. The number of halogens is 3. The third-order valence-corrected chi connectivity index (χ3v) is 3.14. The molecule has 0 saturated heterocycles. The number of hydrogen-bond acceptors (Lipinski definition) is 3. The van der Waals surface area contributed by atoms with E-state index in [2.05, 4.69) is 9.97 Å². The fourth-order valence-electron chi connectivity index (χ4n) is 1.25. The first-order valence-corrected chi connectivity index (χ1v) is 5.70. The predicted molar refractivity (Wildman–Crippen MR) is 66.8 cm³/mol. The van der Waals surface area contributed by atoms with Gasteiger partial charge in [-0.25, -0.2) is 14.4 Å². The molecular weight excluding hydrogens is 345 g/mol. The van der Waals surface area contributed by atoms with Crippen LogP contribution in [-0.4, -0.2) is 15.1 Å².